The predicted molar refractivity (Wildman–Crippen MR) is 83.5 cm³/mol. The number of hydrogen-bond acceptors (Lipinski definition) is 5. The Hall–Kier alpha value is -2.62. The molecular formula is C15H14F3NO5S. The van der Waals surface area contributed by atoms with Gasteiger partial charge in [-0.1, -0.05) is 0 Å². The first-order valence-electron chi connectivity index (χ1n) is 6.75. The van der Waals surface area contributed by atoms with E-state index in [1.165, 1.54) is 32.4 Å². The zero-order chi connectivity index (χ0) is 18.7. The first kappa shape index (κ1) is 18.7. The molecule has 0 aromatic heterocycles. The minimum atomic E-state index is -4.82. The second-order valence-corrected chi connectivity index (χ2v) is 6.38. The van der Waals surface area contributed by atoms with Crippen LogP contribution in [-0.2, 0) is 10.0 Å². The molecule has 0 atom stereocenters. The number of sulfonamides is 1. The van der Waals surface area contributed by atoms with Crippen molar-refractivity contribution < 1.29 is 35.8 Å². The Balaban J connectivity index is 2.21. The van der Waals surface area contributed by atoms with Crippen molar-refractivity contribution >= 4 is 15.7 Å². The van der Waals surface area contributed by atoms with Crippen LogP contribution < -0.4 is 18.9 Å². The Bertz CT molecular complexity index is 835. The number of halogens is 3. The molecule has 0 fully saturated rings. The van der Waals surface area contributed by atoms with E-state index < -0.39 is 22.1 Å². The lowest BCUT2D eigenvalue weighted by molar-refractivity contribution is -0.274. The number of nitrogens with one attached hydrogen (secondary N) is 1. The van der Waals surface area contributed by atoms with E-state index in [2.05, 4.69) is 9.46 Å². The Kier molecular flexibility index (Phi) is 5.31. The number of alkyl halides is 3. The standard InChI is InChI=1S/C15H14F3NO5S/c1-22-13-8-7-12(9-14(13)23-2)25(20,21)19-10-3-5-11(6-4-10)24-15(16,17)18/h3-9,19H,1-2H3. The lowest BCUT2D eigenvalue weighted by Gasteiger charge is -2.12. The number of methoxy groups -OCH3 is 2. The number of hydrogen-bond donors (Lipinski definition) is 1. The highest BCUT2D eigenvalue weighted by Crippen LogP contribution is 2.30. The van der Waals surface area contributed by atoms with Gasteiger partial charge in [0.25, 0.3) is 10.0 Å². The van der Waals surface area contributed by atoms with E-state index in [0.29, 0.717) is 5.75 Å². The van der Waals surface area contributed by atoms with Crippen molar-refractivity contribution in [2.24, 2.45) is 0 Å². The van der Waals surface area contributed by atoms with Crippen LogP contribution in [0.3, 0.4) is 0 Å². The van der Waals surface area contributed by atoms with Crippen molar-refractivity contribution in [3.05, 3.63) is 42.5 Å². The van der Waals surface area contributed by atoms with E-state index in [0.717, 1.165) is 24.3 Å². The third-order valence-electron chi connectivity index (χ3n) is 3.01. The molecule has 2 aromatic rings. The molecule has 6 nitrogen and oxygen atoms in total. The molecule has 0 unspecified atom stereocenters. The topological polar surface area (TPSA) is 73.9 Å². The molecule has 136 valence electrons. The van der Waals surface area contributed by atoms with Crippen molar-refractivity contribution in [2.45, 2.75) is 11.3 Å². The Morgan fingerprint density at radius 1 is 0.920 bits per heavy atom. The summed E-state index contributed by atoms with van der Waals surface area (Å²) in [6.07, 6.45) is -4.82. The largest absolute Gasteiger partial charge is 0.573 e. The highest BCUT2D eigenvalue weighted by Gasteiger charge is 2.31. The summed E-state index contributed by atoms with van der Waals surface area (Å²) < 4.78 is 77.1. The van der Waals surface area contributed by atoms with Crippen molar-refractivity contribution in [2.75, 3.05) is 18.9 Å². The molecule has 0 aliphatic rings. The van der Waals surface area contributed by atoms with E-state index in [1.54, 1.807) is 0 Å². The third-order valence-corrected chi connectivity index (χ3v) is 4.38. The van der Waals surface area contributed by atoms with Gasteiger partial charge in [0.05, 0.1) is 19.1 Å². The lowest BCUT2D eigenvalue weighted by atomic mass is 10.3. The Morgan fingerprint density at radius 3 is 2.04 bits per heavy atom. The Morgan fingerprint density at radius 2 is 1.52 bits per heavy atom. The van der Waals surface area contributed by atoms with Gasteiger partial charge < -0.3 is 14.2 Å². The van der Waals surface area contributed by atoms with Gasteiger partial charge in [-0.15, -0.1) is 13.2 Å². The van der Waals surface area contributed by atoms with Gasteiger partial charge in [-0.3, -0.25) is 4.72 Å². The summed E-state index contributed by atoms with van der Waals surface area (Å²) in [6.45, 7) is 0. The highest BCUT2D eigenvalue weighted by atomic mass is 32.2. The molecule has 2 aromatic carbocycles. The summed E-state index contributed by atoms with van der Waals surface area (Å²) in [4.78, 5) is -0.0965. The third kappa shape index (κ3) is 4.92. The number of ether oxygens (including phenoxy) is 3. The quantitative estimate of drug-likeness (QED) is 0.835. The van der Waals surface area contributed by atoms with E-state index in [9.17, 15) is 21.6 Å². The average molecular weight is 377 g/mol. The number of benzene rings is 2. The number of rotatable bonds is 6. The zero-order valence-electron chi connectivity index (χ0n) is 13.1. The minimum absolute atomic E-state index is 0.0734. The normalized spacial score (nSPS) is 11.7. The second-order valence-electron chi connectivity index (χ2n) is 4.69. The summed E-state index contributed by atoms with van der Waals surface area (Å²) >= 11 is 0. The van der Waals surface area contributed by atoms with Crippen LogP contribution in [0.5, 0.6) is 17.2 Å². The molecule has 0 aliphatic heterocycles. The van der Waals surface area contributed by atoms with Crippen molar-refractivity contribution in [1.82, 2.24) is 0 Å². The fourth-order valence-corrected chi connectivity index (χ4v) is 3.00. The minimum Gasteiger partial charge on any atom is -0.493 e. The second kappa shape index (κ2) is 7.09. The molecule has 1 N–H and O–H groups in total. The van der Waals surface area contributed by atoms with Crippen LogP contribution in [0.1, 0.15) is 0 Å². The van der Waals surface area contributed by atoms with E-state index in [1.807, 2.05) is 0 Å². The molecule has 2 rings (SSSR count). The summed E-state index contributed by atoms with van der Waals surface area (Å²) in [6, 6.07) is 8.30. The van der Waals surface area contributed by atoms with Gasteiger partial charge in [0.2, 0.25) is 0 Å². The first-order chi connectivity index (χ1) is 11.6. The monoisotopic (exact) mass is 377 g/mol. The van der Waals surface area contributed by atoms with Crippen molar-refractivity contribution in [1.29, 1.82) is 0 Å². The van der Waals surface area contributed by atoms with Crippen LogP contribution >= 0.6 is 0 Å². The Labute approximate surface area is 142 Å². The van der Waals surface area contributed by atoms with Crippen molar-refractivity contribution in [3.63, 3.8) is 0 Å². The fourth-order valence-electron chi connectivity index (χ4n) is 1.92. The van der Waals surface area contributed by atoms with Crippen LogP contribution in [0.15, 0.2) is 47.4 Å². The van der Waals surface area contributed by atoms with Crippen molar-refractivity contribution in [3.8, 4) is 17.2 Å². The van der Waals surface area contributed by atoms with Gasteiger partial charge in [-0.05, 0) is 36.4 Å². The molecular weight excluding hydrogens is 363 g/mol. The molecule has 0 saturated carbocycles. The van der Waals surface area contributed by atoms with Crippen LogP contribution in [0.2, 0.25) is 0 Å². The van der Waals surface area contributed by atoms with Gasteiger partial charge in [-0.25, -0.2) is 8.42 Å². The molecule has 0 aliphatic carbocycles. The van der Waals surface area contributed by atoms with E-state index in [4.69, 9.17) is 9.47 Å². The summed E-state index contributed by atoms with van der Waals surface area (Å²) in [5.41, 5.74) is 0.0734. The maximum atomic E-state index is 12.4. The molecule has 0 heterocycles. The van der Waals surface area contributed by atoms with E-state index in [-0.39, 0.29) is 16.3 Å². The van der Waals surface area contributed by atoms with Crippen LogP contribution in [-0.4, -0.2) is 29.0 Å². The van der Waals surface area contributed by atoms with Crippen LogP contribution in [0.4, 0.5) is 18.9 Å². The highest BCUT2D eigenvalue weighted by molar-refractivity contribution is 7.92. The molecule has 0 bridgehead atoms. The smallest absolute Gasteiger partial charge is 0.493 e. The van der Waals surface area contributed by atoms with E-state index >= 15 is 0 Å². The summed E-state index contributed by atoms with van der Waals surface area (Å²) in [5.74, 6) is 0.121. The number of anilines is 1. The maximum absolute atomic E-state index is 12.4. The SMILES string of the molecule is COc1ccc(S(=O)(=O)Nc2ccc(OC(F)(F)F)cc2)cc1OC. The van der Waals surface area contributed by atoms with Crippen LogP contribution in [0, 0.1) is 0 Å². The fraction of sp³-hybridized carbons (Fsp3) is 0.200. The van der Waals surface area contributed by atoms with Gasteiger partial charge >= 0.3 is 6.36 Å². The molecule has 0 spiro atoms. The lowest BCUT2D eigenvalue weighted by Crippen LogP contribution is -2.17. The van der Waals surface area contributed by atoms with Gasteiger partial charge in [-0.2, -0.15) is 0 Å². The predicted octanol–water partition coefficient (Wildman–Crippen LogP) is 3.40. The average Bonchev–Trinajstić information content (AvgIpc) is 2.54. The maximum Gasteiger partial charge on any atom is 0.573 e. The van der Waals surface area contributed by atoms with Gasteiger partial charge in [0, 0.05) is 11.8 Å². The molecule has 10 heteroatoms. The molecule has 0 saturated heterocycles. The molecule has 0 amide bonds. The molecule has 25 heavy (non-hydrogen) atoms. The zero-order valence-corrected chi connectivity index (χ0v) is 13.9. The summed E-state index contributed by atoms with van der Waals surface area (Å²) in [5, 5.41) is 0. The summed E-state index contributed by atoms with van der Waals surface area (Å²) in [7, 11) is -1.19. The molecule has 0 radical (unpaired) electrons. The first-order valence-corrected chi connectivity index (χ1v) is 8.23. The van der Waals surface area contributed by atoms with Crippen LogP contribution in [0.25, 0.3) is 0 Å². The van der Waals surface area contributed by atoms with Gasteiger partial charge in [0.15, 0.2) is 11.5 Å². The van der Waals surface area contributed by atoms with Gasteiger partial charge in [0.1, 0.15) is 5.75 Å².